The van der Waals surface area contributed by atoms with E-state index in [2.05, 4.69) is 74.5 Å². The maximum Gasteiger partial charge on any atom is 0.309 e. The molecule has 0 radical (unpaired) electrons. The minimum Gasteiger partial charge on any atom is -0.490 e. The van der Waals surface area contributed by atoms with Crippen molar-refractivity contribution in [2.75, 3.05) is 32.0 Å². The number of rotatable bonds is 7. The van der Waals surface area contributed by atoms with Crippen molar-refractivity contribution in [2.24, 2.45) is 0 Å². The molecule has 0 amide bonds. The fraction of sp³-hybridized carbons (Fsp3) is 0.286. The first kappa shape index (κ1) is 22.6. The third-order valence-electron chi connectivity index (χ3n) is 5.77. The number of nitrogens with zero attached hydrogens (tertiary/aromatic N) is 1. The average molecular weight is 476 g/mol. The molecule has 5 rings (SSSR count). The van der Waals surface area contributed by atoms with Crippen LogP contribution < -0.4 is 14.1 Å². The van der Waals surface area contributed by atoms with Gasteiger partial charge in [0.15, 0.2) is 22.7 Å². The van der Waals surface area contributed by atoms with Crippen molar-refractivity contribution < 1.29 is 17.9 Å². The molecular weight excluding hydrogens is 445 g/mol. The summed E-state index contributed by atoms with van der Waals surface area (Å²) in [4.78, 5) is 0. The molecule has 0 N–H and O–H groups in total. The Morgan fingerprint density at radius 3 is 1.56 bits per heavy atom. The van der Waals surface area contributed by atoms with Crippen LogP contribution in [0.15, 0.2) is 69.1 Å². The molecule has 0 bridgehead atoms. The van der Waals surface area contributed by atoms with Crippen molar-refractivity contribution in [2.45, 2.75) is 26.7 Å². The van der Waals surface area contributed by atoms with Gasteiger partial charge in [-0.25, -0.2) is 4.67 Å². The first-order valence-electron chi connectivity index (χ1n) is 11.8. The standard InChI is InChI=1S/C28H30NO4P/c1-5-15-30-23-17-19-11-7-9-13-21(19)25-26-22-14-10-8-12-20(22)18-24(31-16-6-2)28(26)33-34(29(3)4)32-27(23)25/h7-14,17-18H,5-6,15-16H2,1-4H3. The zero-order chi connectivity index (χ0) is 23.7. The van der Waals surface area contributed by atoms with Gasteiger partial charge >= 0.3 is 8.16 Å². The van der Waals surface area contributed by atoms with E-state index in [0.717, 1.165) is 67.8 Å². The number of fused-ring (bicyclic) bond motifs is 7. The summed E-state index contributed by atoms with van der Waals surface area (Å²) >= 11 is 0. The van der Waals surface area contributed by atoms with E-state index in [9.17, 15) is 0 Å². The van der Waals surface area contributed by atoms with Gasteiger partial charge in [-0.1, -0.05) is 62.4 Å². The second-order valence-electron chi connectivity index (χ2n) is 8.56. The van der Waals surface area contributed by atoms with Gasteiger partial charge in [-0.05, 0) is 46.5 Å². The maximum absolute atomic E-state index is 6.63. The maximum atomic E-state index is 6.63. The Balaban J connectivity index is 2.10. The Morgan fingerprint density at radius 1 is 0.706 bits per heavy atom. The molecule has 6 heteroatoms. The normalized spacial score (nSPS) is 11.7. The van der Waals surface area contributed by atoms with Crippen LogP contribution in [0.5, 0.6) is 11.5 Å². The molecule has 4 aromatic carbocycles. The van der Waals surface area contributed by atoms with Crippen LogP contribution in [0.4, 0.5) is 0 Å². The molecule has 0 fully saturated rings. The van der Waals surface area contributed by atoms with E-state index >= 15 is 0 Å². The van der Waals surface area contributed by atoms with E-state index in [0.29, 0.717) is 13.2 Å². The molecular formula is C28H30NO4P. The molecule has 1 aromatic heterocycles. The Hall–Kier alpha value is -3.14. The quantitative estimate of drug-likeness (QED) is 0.237. The van der Waals surface area contributed by atoms with E-state index in [1.165, 1.54) is 0 Å². The highest BCUT2D eigenvalue weighted by atomic mass is 31.1. The Bertz CT molecular complexity index is 1410. The molecule has 5 aromatic rings. The number of ether oxygens (including phenoxy) is 2. The second-order valence-corrected chi connectivity index (χ2v) is 10.2. The highest BCUT2D eigenvalue weighted by Gasteiger charge is 2.20. The lowest BCUT2D eigenvalue weighted by Crippen LogP contribution is -2.02. The molecule has 34 heavy (non-hydrogen) atoms. The zero-order valence-electron chi connectivity index (χ0n) is 20.1. The van der Waals surface area contributed by atoms with Crippen LogP contribution in [-0.2, 0) is 0 Å². The lowest BCUT2D eigenvalue weighted by atomic mass is 9.98. The summed E-state index contributed by atoms with van der Waals surface area (Å²) in [6.45, 7) is 5.44. The minimum absolute atomic E-state index is 0.613. The van der Waals surface area contributed by atoms with Crippen molar-refractivity contribution >= 4 is 51.6 Å². The van der Waals surface area contributed by atoms with Crippen molar-refractivity contribution in [1.82, 2.24) is 0 Å². The molecule has 0 aliphatic rings. The molecule has 0 unspecified atom stereocenters. The molecule has 0 saturated heterocycles. The predicted molar refractivity (Wildman–Crippen MR) is 143 cm³/mol. The van der Waals surface area contributed by atoms with Gasteiger partial charge in [-0.2, -0.15) is 0 Å². The van der Waals surface area contributed by atoms with Crippen LogP contribution in [-0.4, -0.2) is 27.3 Å². The fourth-order valence-corrected chi connectivity index (χ4v) is 5.30. The average Bonchev–Trinajstić information content (AvgIpc) is 3.04. The fourth-order valence-electron chi connectivity index (χ4n) is 4.26. The summed E-state index contributed by atoms with van der Waals surface area (Å²) < 4.78 is 27.7. The smallest absolute Gasteiger partial charge is 0.309 e. The Morgan fingerprint density at radius 2 is 1.15 bits per heavy atom. The molecule has 1 heterocycles. The van der Waals surface area contributed by atoms with E-state index in [1.54, 1.807) is 0 Å². The lowest BCUT2D eigenvalue weighted by Gasteiger charge is -2.12. The van der Waals surface area contributed by atoms with E-state index < -0.39 is 8.16 Å². The van der Waals surface area contributed by atoms with Gasteiger partial charge in [0.1, 0.15) is 0 Å². The predicted octanol–water partition coefficient (Wildman–Crippen LogP) is 8.37. The van der Waals surface area contributed by atoms with Crippen molar-refractivity contribution in [3.63, 3.8) is 0 Å². The molecule has 0 spiro atoms. The number of benzene rings is 4. The zero-order valence-corrected chi connectivity index (χ0v) is 21.0. The summed E-state index contributed by atoms with van der Waals surface area (Å²) in [7, 11) is 2.51. The second kappa shape index (κ2) is 9.61. The summed E-state index contributed by atoms with van der Waals surface area (Å²) in [5.41, 5.74) is 1.45. The van der Waals surface area contributed by atoms with Crippen LogP contribution in [0.25, 0.3) is 43.5 Å². The molecule has 0 atom stereocenters. The molecule has 176 valence electrons. The number of hydrogen-bond acceptors (Lipinski definition) is 5. The van der Waals surface area contributed by atoms with Gasteiger partial charge in [0.2, 0.25) is 0 Å². The van der Waals surface area contributed by atoms with Gasteiger partial charge in [-0.3, -0.25) is 0 Å². The van der Waals surface area contributed by atoms with E-state index in [-0.39, 0.29) is 0 Å². The van der Waals surface area contributed by atoms with Crippen LogP contribution in [0.2, 0.25) is 0 Å². The topological polar surface area (TPSA) is 48.0 Å². The molecule has 0 saturated carbocycles. The largest absolute Gasteiger partial charge is 0.490 e. The summed E-state index contributed by atoms with van der Waals surface area (Å²) in [6, 6.07) is 20.9. The summed E-state index contributed by atoms with van der Waals surface area (Å²) in [6.07, 6.45) is 1.82. The lowest BCUT2D eigenvalue weighted by molar-refractivity contribution is 0.317. The Labute approximate surface area is 200 Å². The van der Waals surface area contributed by atoms with E-state index in [4.69, 9.17) is 17.9 Å². The van der Waals surface area contributed by atoms with Crippen LogP contribution in [0.3, 0.4) is 0 Å². The third-order valence-corrected chi connectivity index (χ3v) is 7.10. The van der Waals surface area contributed by atoms with Crippen molar-refractivity contribution in [3.05, 3.63) is 60.7 Å². The van der Waals surface area contributed by atoms with Crippen molar-refractivity contribution in [1.29, 1.82) is 0 Å². The van der Waals surface area contributed by atoms with Crippen molar-refractivity contribution in [3.8, 4) is 11.5 Å². The van der Waals surface area contributed by atoms with Crippen LogP contribution in [0, 0.1) is 0 Å². The van der Waals surface area contributed by atoms with E-state index in [1.807, 2.05) is 18.8 Å². The van der Waals surface area contributed by atoms with Gasteiger partial charge in [-0.15, -0.1) is 0 Å². The van der Waals surface area contributed by atoms with Gasteiger partial charge in [0, 0.05) is 24.9 Å². The van der Waals surface area contributed by atoms with Crippen LogP contribution >= 0.6 is 8.16 Å². The van der Waals surface area contributed by atoms with Gasteiger partial charge < -0.3 is 17.9 Å². The SMILES string of the molecule is CCCOc1cc2ccccc2c2c1op(N(C)C)oc1c(OCCC)cc3ccccc3c12. The molecule has 0 aliphatic carbocycles. The summed E-state index contributed by atoms with van der Waals surface area (Å²) in [5, 5.41) is 6.37. The first-order chi connectivity index (χ1) is 16.6. The third kappa shape index (κ3) is 4.00. The first-order valence-corrected chi connectivity index (χ1v) is 13.0. The Kier molecular flexibility index (Phi) is 6.40. The van der Waals surface area contributed by atoms with Gasteiger partial charge in [0.05, 0.1) is 13.2 Å². The number of hydrogen-bond donors (Lipinski definition) is 0. The highest BCUT2D eigenvalue weighted by Crippen LogP contribution is 2.47. The highest BCUT2D eigenvalue weighted by molar-refractivity contribution is 7.38. The van der Waals surface area contributed by atoms with Crippen LogP contribution in [0.1, 0.15) is 26.7 Å². The molecule has 0 aliphatic heterocycles. The monoisotopic (exact) mass is 475 g/mol. The minimum atomic E-state index is -1.43. The van der Waals surface area contributed by atoms with Gasteiger partial charge in [0.25, 0.3) is 0 Å². The summed E-state index contributed by atoms with van der Waals surface area (Å²) in [5.74, 6) is 1.48. The molecule has 5 nitrogen and oxygen atoms in total.